The highest BCUT2D eigenvalue weighted by Gasteiger charge is 2.20. The molecule has 1 amide bonds. The van der Waals surface area contributed by atoms with Gasteiger partial charge < -0.3 is 10.6 Å². The van der Waals surface area contributed by atoms with Crippen LogP contribution in [-0.4, -0.2) is 18.5 Å². The van der Waals surface area contributed by atoms with Crippen molar-refractivity contribution in [3.05, 3.63) is 29.8 Å². The normalized spacial score (nSPS) is 19.9. The van der Waals surface area contributed by atoms with Gasteiger partial charge in [0, 0.05) is 5.69 Å². The Labute approximate surface area is 103 Å². The van der Waals surface area contributed by atoms with E-state index >= 15 is 0 Å². The Morgan fingerprint density at radius 1 is 1.41 bits per heavy atom. The second-order valence-electron chi connectivity index (χ2n) is 4.50. The molecule has 1 aromatic carbocycles. The Morgan fingerprint density at radius 2 is 2.24 bits per heavy atom. The van der Waals surface area contributed by atoms with E-state index in [9.17, 15) is 4.79 Å². The molecule has 0 aromatic heterocycles. The molecule has 3 heteroatoms. The molecular formula is C14H20N2O. The summed E-state index contributed by atoms with van der Waals surface area (Å²) in [5, 5.41) is 6.29. The lowest BCUT2D eigenvalue weighted by molar-refractivity contribution is -0.118. The molecule has 1 aliphatic heterocycles. The van der Waals surface area contributed by atoms with Crippen molar-refractivity contribution in [2.24, 2.45) is 0 Å². The molecule has 0 radical (unpaired) electrons. The minimum Gasteiger partial charge on any atom is -0.324 e. The van der Waals surface area contributed by atoms with Crippen LogP contribution in [0.3, 0.4) is 0 Å². The Kier molecular flexibility index (Phi) is 4.15. The molecule has 17 heavy (non-hydrogen) atoms. The molecule has 1 saturated heterocycles. The fourth-order valence-corrected chi connectivity index (χ4v) is 2.25. The highest BCUT2D eigenvalue weighted by Crippen LogP contribution is 2.17. The lowest BCUT2D eigenvalue weighted by Crippen LogP contribution is -2.43. The highest BCUT2D eigenvalue weighted by atomic mass is 16.2. The monoisotopic (exact) mass is 232 g/mol. The fraction of sp³-hybridized carbons (Fsp3) is 0.500. The molecule has 1 atom stereocenters. The van der Waals surface area contributed by atoms with Crippen molar-refractivity contribution in [2.45, 2.75) is 38.6 Å². The van der Waals surface area contributed by atoms with Crippen LogP contribution in [0.25, 0.3) is 0 Å². The van der Waals surface area contributed by atoms with Gasteiger partial charge in [-0.3, -0.25) is 4.79 Å². The SMILES string of the molecule is CCc1ccccc1NC(=O)[C@H]1CCCCN1. The predicted molar refractivity (Wildman–Crippen MR) is 70.1 cm³/mol. The van der Waals surface area contributed by atoms with Crippen molar-refractivity contribution in [3.8, 4) is 0 Å². The molecule has 1 aromatic rings. The van der Waals surface area contributed by atoms with Crippen LogP contribution in [0.5, 0.6) is 0 Å². The van der Waals surface area contributed by atoms with E-state index in [1.807, 2.05) is 18.2 Å². The van der Waals surface area contributed by atoms with Gasteiger partial charge in [-0.25, -0.2) is 0 Å². The van der Waals surface area contributed by atoms with Gasteiger partial charge in [0.25, 0.3) is 0 Å². The summed E-state index contributed by atoms with van der Waals surface area (Å²) in [5.41, 5.74) is 2.14. The first-order chi connectivity index (χ1) is 8.31. The van der Waals surface area contributed by atoms with Crippen LogP contribution in [0.2, 0.25) is 0 Å². The van der Waals surface area contributed by atoms with Gasteiger partial charge in [0.15, 0.2) is 0 Å². The Hall–Kier alpha value is -1.35. The third-order valence-electron chi connectivity index (χ3n) is 3.28. The highest BCUT2D eigenvalue weighted by molar-refractivity contribution is 5.95. The molecule has 0 aliphatic carbocycles. The average Bonchev–Trinajstić information content (AvgIpc) is 2.40. The smallest absolute Gasteiger partial charge is 0.241 e. The molecule has 0 spiro atoms. The quantitative estimate of drug-likeness (QED) is 0.839. The first kappa shape index (κ1) is 12.1. The maximum atomic E-state index is 12.1. The van der Waals surface area contributed by atoms with E-state index in [2.05, 4.69) is 23.6 Å². The van der Waals surface area contributed by atoms with Crippen LogP contribution in [0.1, 0.15) is 31.7 Å². The fourth-order valence-electron chi connectivity index (χ4n) is 2.25. The number of benzene rings is 1. The van der Waals surface area contributed by atoms with Crippen LogP contribution in [-0.2, 0) is 11.2 Å². The molecule has 3 nitrogen and oxygen atoms in total. The largest absolute Gasteiger partial charge is 0.324 e. The summed E-state index contributed by atoms with van der Waals surface area (Å²) in [4.78, 5) is 12.1. The minimum atomic E-state index is -0.0198. The molecule has 2 N–H and O–H groups in total. The van der Waals surface area contributed by atoms with E-state index in [0.717, 1.165) is 31.5 Å². The molecule has 1 heterocycles. The number of anilines is 1. The number of nitrogens with one attached hydrogen (secondary N) is 2. The Bertz CT molecular complexity index is 384. The van der Waals surface area contributed by atoms with Crippen LogP contribution in [0.15, 0.2) is 24.3 Å². The van der Waals surface area contributed by atoms with Gasteiger partial charge in [-0.1, -0.05) is 31.5 Å². The molecular weight excluding hydrogens is 212 g/mol. The molecule has 92 valence electrons. The number of para-hydroxylation sites is 1. The first-order valence-electron chi connectivity index (χ1n) is 6.43. The van der Waals surface area contributed by atoms with E-state index in [1.54, 1.807) is 0 Å². The van der Waals surface area contributed by atoms with Crippen molar-refractivity contribution in [3.63, 3.8) is 0 Å². The summed E-state index contributed by atoms with van der Waals surface area (Å²) in [6, 6.07) is 7.98. The lowest BCUT2D eigenvalue weighted by atomic mass is 10.0. The standard InChI is InChI=1S/C14H20N2O/c1-2-11-7-3-4-8-12(11)16-14(17)13-9-5-6-10-15-13/h3-4,7-8,13,15H,2,5-6,9-10H2,1H3,(H,16,17)/t13-/m1/s1. The number of aryl methyl sites for hydroxylation is 1. The van der Waals surface area contributed by atoms with E-state index in [0.29, 0.717) is 0 Å². The number of hydrogen-bond donors (Lipinski definition) is 2. The van der Waals surface area contributed by atoms with Crippen LogP contribution in [0, 0.1) is 0 Å². The summed E-state index contributed by atoms with van der Waals surface area (Å²) in [6.45, 7) is 3.05. The van der Waals surface area contributed by atoms with Crippen LogP contribution < -0.4 is 10.6 Å². The Balaban J connectivity index is 2.01. The summed E-state index contributed by atoms with van der Waals surface area (Å²) < 4.78 is 0. The number of carbonyl (C=O) groups is 1. The van der Waals surface area contributed by atoms with Crippen molar-refractivity contribution in [1.29, 1.82) is 0 Å². The number of carbonyl (C=O) groups excluding carboxylic acids is 1. The second kappa shape index (κ2) is 5.82. The van der Waals surface area contributed by atoms with Gasteiger partial charge in [0.1, 0.15) is 0 Å². The average molecular weight is 232 g/mol. The third-order valence-corrected chi connectivity index (χ3v) is 3.28. The number of amides is 1. The maximum absolute atomic E-state index is 12.1. The third kappa shape index (κ3) is 3.07. The summed E-state index contributed by atoms with van der Waals surface area (Å²) >= 11 is 0. The minimum absolute atomic E-state index is 0.0198. The van der Waals surface area contributed by atoms with Crippen molar-refractivity contribution >= 4 is 11.6 Å². The zero-order valence-electron chi connectivity index (χ0n) is 10.3. The number of hydrogen-bond acceptors (Lipinski definition) is 2. The maximum Gasteiger partial charge on any atom is 0.241 e. The molecule has 2 rings (SSSR count). The summed E-state index contributed by atoms with van der Waals surface area (Å²) in [6.07, 6.45) is 4.20. The molecule has 0 unspecified atom stereocenters. The van der Waals surface area contributed by atoms with Crippen molar-refractivity contribution in [1.82, 2.24) is 5.32 Å². The van der Waals surface area contributed by atoms with Gasteiger partial charge in [-0.2, -0.15) is 0 Å². The molecule has 0 saturated carbocycles. The van der Waals surface area contributed by atoms with Crippen LogP contribution >= 0.6 is 0 Å². The van der Waals surface area contributed by atoms with E-state index < -0.39 is 0 Å². The van der Waals surface area contributed by atoms with Crippen molar-refractivity contribution < 1.29 is 4.79 Å². The summed E-state index contributed by atoms with van der Waals surface area (Å²) in [7, 11) is 0. The lowest BCUT2D eigenvalue weighted by Gasteiger charge is -2.23. The Morgan fingerprint density at radius 3 is 2.94 bits per heavy atom. The molecule has 1 fully saturated rings. The van der Waals surface area contributed by atoms with Crippen LogP contribution in [0.4, 0.5) is 5.69 Å². The first-order valence-corrected chi connectivity index (χ1v) is 6.43. The molecule has 0 bridgehead atoms. The van der Waals surface area contributed by atoms with E-state index in [1.165, 1.54) is 12.0 Å². The zero-order chi connectivity index (χ0) is 12.1. The van der Waals surface area contributed by atoms with Crippen molar-refractivity contribution in [2.75, 3.05) is 11.9 Å². The summed E-state index contributed by atoms with van der Waals surface area (Å²) in [5.74, 6) is 0.102. The van der Waals surface area contributed by atoms with E-state index in [4.69, 9.17) is 0 Å². The van der Waals surface area contributed by atoms with Gasteiger partial charge in [-0.15, -0.1) is 0 Å². The van der Waals surface area contributed by atoms with Gasteiger partial charge in [0.2, 0.25) is 5.91 Å². The topological polar surface area (TPSA) is 41.1 Å². The van der Waals surface area contributed by atoms with E-state index in [-0.39, 0.29) is 11.9 Å². The predicted octanol–water partition coefficient (Wildman–Crippen LogP) is 2.33. The zero-order valence-corrected chi connectivity index (χ0v) is 10.3. The second-order valence-corrected chi connectivity index (χ2v) is 4.50. The molecule has 1 aliphatic rings. The van der Waals surface area contributed by atoms with Gasteiger partial charge >= 0.3 is 0 Å². The number of piperidine rings is 1. The number of rotatable bonds is 3. The van der Waals surface area contributed by atoms with Gasteiger partial charge in [0.05, 0.1) is 6.04 Å². The van der Waals surface area contributed by atoms with Gasteiger partial charge in [-0.05, 0) is 37.4 Å².